The van der Waals surface area contributed by atoms with Crippen LogP contribution in [0.3, 0.4) is 0 Å². The fourth-order valence-electron chi connectivity index (χ4n) is 1.27. The number of carbonyl (C=O) groups excluding carboxylic acids is 2. The molecule has 0 aliphatic heterocycles. The van der Waals surface area contributed by atoms with E-state index in [-0.39, 0.29) is 19.1 Å². The van der Waals surface area contributed by atoms with Gasteiger partial charge in [-0.2, -0.15) is 0 Å². The molecule has 0 aliphatic carbocycles. The van der Waals surface area contributed by atoms with Gasteiger partial charge in [-0.25, -0.2) is 4.79 Å². The predicted octanol–water partition coefficient (Wildman–Crippen LogP) is 2.75. The number of amides is 1. The molecule has 5 heteroatoms. The van der Waals surface area contributed by atoms with Crippen molar-refractivity contribution < 1.29 is 19.1 Å². The van der Waals surface area contributed by atoms with Crippen molar-refractivity contribution in [1.29, 1.82) is 0 Å². The summed E-state index contributed by atoms with van der Waals surface area (Å²) in [6, 6.07) is 8.75. The van der Waals surface area contributed by atoms with Crippen LogP contribution in [-0.4, -0.2) is 25.2 Å². The second-order valence-corrected chi connectivity index (χ2v) is 5.00. The molecule has 0 fully saturated rings. The molecule has 1 aromatic rings. The normalized spacial score (nSPS) is 10.8. The van der Waals surface area contributed by atoms with Crippen LogP contribution < -0.4 is 10.1 Å². The highest BCUT2D eigenvalue weighted by molar-refractivity contribution is 5.75. The van der Waals surface area contributed by atoms with Crippen LogP contribution in [0.25, 0.3) is 0 Å². The Bertz CT molecular complexity index is 442. The Kier molecular flexibility index (Phi) is 6.03. The zero-order valence-electron chi connectivity index (χ0n) is 12.1. The van der Waals surface area contributed by atoms with Gasteiger partial charge in [0.2, 0.25) is 0 Å². The molecule has 0 spiro atoms. The van der Waals surface area contributed by atoms with Crippen molar-refractivity contribution in [3.63, 3.8) is 0 Å². The summed E-state index contributed by atoms with van der Waals surface area (Å²) in [5.41, 5.74) is -0.495. The highest BCUT2D eigenvalue weighted by Gasteiger charge is 2.26. The number of ether oxygens (including phenoxy) is 2. The van der Waals surface area contributed by atoms with Crippen LogP contribution in [0, 0.1) is 5.41 Å². The van der Waals surface area contributed by atoms with Crippen LogP contribution in [0.2, 0.25) is 0 Å². The molecule has 20 heavy (non-hydrogen) atoms. The van der Waals surface area contributed by atoms with Crippen molar-refractivity contribution in [1.82, 2.24) is 5.32 Å². The van der Waals surface area contributed by atoms with Crippen LogP contribution in [0.5, 0.6) is 5.75 Å². The average molecular weight is 279 g/mol. The molecule has 1 aromatic carbocycles. The van der Waals surface area contributed by atoms with E-state index in [9.17, 15) is 9.59 Å². The Balaban J connectivity index is 2.21. The highest BCUT2D eigenvalue weighted by atomic mass is 16.6. The molecule has 0 aromatic heterocycles. The van der Waals surface area contributed by atoms with E-state index in [1.807, 2.05) is 26.8 Å². The number of benzene rings is 1. The van der Waals surface area contributed by atoms with E-state index in [0.717, 1.165) is 0 Å². The maximum absolute atomic E-state index is 11.7. The van der Waals surface area contributed by atoms with Crippen molar-refractivity contribution in [2.75, 3.05) is 13.2 Å². The zero-order valence-corrected chi connectivity index (χ0v) is 12.1. The summed E-state index contributed by atoms with van der Waals surface area (Å²) in [5.74, 6) is 0.201. The van der Waals surface area contributed by atoms with Crippen molar-refractivity contribution in [2.24, 2.45) is 5.41 Å². The lowest BCUT2D eigenvalue weighted by Crippen LogP contribution is -2.33. The van der Waals surface area contributed by atoms with E-state index in [1.54, 1.807) is 24.3 Å². The van der Waals surface area contributed by atoms with E-state index in [0.29, 0.717) is 12.2 Å². The standard InChI is InChI=1S/C15H21NO4/c1-4-15(2,3)13(17)19-11-10-16-14(18)20-12-8-6-5-7-9-12/h5-9H,4,10-11H2,1-3H3,(H,16,18). The monoisotopic (exact) mass is 279 g/mol. The first-order valence-corrected chi connectivity index (χ1v) is 6.63. The van der Waals surface area contributed by atoms with Gasteiger partial charge in [-0.05, 0) is 32.4 Å². The first-order chi connectivity index (χ1) is 9.45. The Morgan fingerprint density at radius 1 is 1.20 bits per heavy atom. The third kappa shape index (κ3) is 5.30. The van der Waals surface area contributed by atoms with Crippen molar-refractivity contribution in [2.45, 2.75) is 27.2 Å². The van der Waals surface area contributed by atoms with E-state index in [4.69, 9.17) is 9.47 Å². The first-order valence-electron chi connectivity index (χ1n) is 6.63. The van der Waals surface area contributed by atoms with Crippen LogP contribution in [0.15, 0.2) is 30.3 Å². The lowest BCUT2D eigenvalue weighted by molar-refractivity contribution is -0.153. The average Bonchev–Trinajstić information content (AvgIpc) is 2.44. The number of rotatable bonds is 6. The molecular weight excluding hydrogens is 258 g/mol. The molecule has 0 atom stereocenters. The van der Waals surface area contributed by atoms with Crippen molar-refractivity contribution >= 4 is 12.1 Å². The van der Waals surface area contributed by atoms with Gasteiger partial charge in [0, 0.05) is 0 Å². The molecule has 0 unspecified atom stereocenters. The maximum atomic E-state index is 11.7. The Morgan fingerprint density at radius 2 is 1.85 bits per heavy atom. The first kappa shape index (κ1) is 16.0. The zero-order chi connectivity index (χ0) is 15.0. The van der Waals surface area contributed by atoms with Crippen LogP contribution >= 0.6 is 0 Å². The fraction of sp³-hybridized carbons (Fsp3) is 0.467. The van der Waals surface area contributed by atoms with Crippen molar-refractivity contribution in [3.8, 4) is 5.75 Å². The molecule has 0 radical (unpaired) electrons. The van der Waals surface area contributed by atoms with Gasteiger partial charge < -0.3 is 14.8 Å². The number of esters is 1. The van der Waals surface area contributed by atoms with Gasteiger partial charge in [-0.15, -0.1) is 0 Å². The van der Waals surface area contributed by atoms with Gasteiger partial charge >= 0.3 is 12.1 Å². The van der Waals surface area contributed by atoms with E-state index >= 15 is 0 Å². The van der Waals surface area contributed by atoms with Crippen LogP contribution in [0.1, 0.15) is 27.2 Å². The van der Waals surface area contributed by atoms with E-state index < -0.39 is 11.5 Å². The van der Waals surface area contributed by atoms with E-state index in [1.165, 1.54) is 0 Å². The highest BCUT2D eigenvalue weighted by Crippen LogP contribution is 2.21. The number of nitrogens with one attached hydrogen (secondary N) is 1. The number of carbonyl (C=O) groups is 2. The quantitative estimate of drug-likeness (QED) is 0.642. The van der Waals surface area contributed by atoms with Gasteiger partial charge in [0.25, 0.3) is 0 Å². The molecule has 1 N–H and O–H groups in total. The van der Waals surface area contributed by atoms with Crippen molar-refractivity contribution in [3.05, 3.63) is 30.3 Å². The topological polar surface area (TPSA) is 64.6 Å². The molecule has 0 saturated carbocycles. The van der Waals surface area contributed by atoms with Crippen LogP contribution in [0.4, 0.5) is 4.79 Å². The Morgan fingerprint density at radius 3 is 2.45 bits per heavy atom. The molecule has 1 rings (SSSR count). The molecular formula is C15H21NO4. The Hall–Kier alpha value is -2.04. The molecule has 5 nitrogen and oxygen atoms in total. The smallest absolute Gasteiger partial charge is 0.412 e. The third-order valence-electron chi connectivity index (χ3n) is 2.99. The third-order valence-corrected chi connectivity index (χ3v) is 2.99. The minimum atomic E-state index is -0.568. The van der Waals surface area contributed by atoms with Gasteiger partial charge in [-0.1, -0.05) is 25.1 Å². The second-order valence-electron chi connectivity index (χ2n) is 5.00. The summed E-state index contributed by atoms with van der Waals surface area (Å²) < 4.78 is 10.1. The fourth-order valence-corrected chi connectivity index (χ4v) is 1.27. The predicted molar refractivity (Wildman–Crippen MR) is 75.5 cm³/mol. The molecule has 110 valence electrons. The minimum Gasteiger partial charge on any atom is -0.463 e. The van der Waals surface area contributed by atoms with Gasteiger partial charge in [0.1, 0.15) is 12.4 Å². The molecule has 0 saturated heterocycles. The van der Waals surface area contributed by atoms with E-state index in [2.05, 4.69) is 5.32 Å². The maximum Gasteiger partial charge on any atom is 0.412 e. The Labute approximate surface area is 119 Å². The number of hydrogen-bond acceptors (Lipinski definition) is 4. The van der Waals surface area contributed by atoms with Gasteiger partial charge in [0.15, 0.2) is 0 Å². The van der Waals surface area contributed by atoms with Gasteiger partial charge in [0.05, 0.1) is 12.0 Å². The lowest BCUT2D eigenvalue weighted by Gasteiger charge is -2.20. The molecule has 0 aliphatic rings. The summed E-state index contributed by atoms with van der Waals surface area (Å²) in [6.07, 6.45) is 0.136. The summed E-state index contributed by atoms with van der Waals surface area (Å²) >= 11 is 0. The summed E-state index contributed by atoms with van der Waals surface area (Å²) in [4.78, 5) is 23.1. The molecule has 0 heterocycles. The summed E-state index contributed by atoms with van der Waals surface area (Å²) in [7, 11) is 0. The largest absolute Gasteiger partial charge is 0.463 e. The minimum absolute atomic E-state index is 0.131. The second kappa shape index (κ2) is 7.53. The number of para-hydroxylation sites is 1. The van der Waals surface area contributed by atoms with Crippen LogP contribution in [-0.2, 0) is 9.53 Å². The SMILES string of the molecule is CCC(C)(C)C(=O)OCCNC(=O)Oc1ccccc1. The number of hydrogen-bond donors (Lipinski definition) is 1. The summed E-state index contributed by atoms with van der Waals surface area (Å²) in [5, 5.41) is 2.52. The lowest BCUT2D eigenvalue weighted by atomic mass is 9.91. The molecule has 0 bridgehead atoms. The summed E-state index contributed by atoms with van der Waals surface area (Å²) in [6.45, 7) is 5.93. The van der Waals surface area contributed by atoms with Gasteiger partial charge in [-0.3, -0.25) is 4.79 Å². The molecule has 1 amide bonds.